The van der Waals surface area contributed by atoms with Crippen molar-refractivity contribution < 1.29 is 9.53 Å². The first-order chi connectivity index (χ1) is 15.1. The molecule has 2 N–H and O–H groups in total. The minimum absolute atomic E-state index is 0. The lowest BCUT2D eigenvalue weighted by Crippen LogP contribution is -2.52. The Morgan fingerprint density at radius 2 is 1.79 bits per heavy atom. The number of likely N-dealkylation sites (tertiary alicyclic amines) is 1. The molecule has 1 saturated heterocycles. The lowest BCUT2D eigenvalue weighted by molar-refractivity contribution is -0.142. The van der Waals surface area contributed by atoms with Gasteiger partial charge in [0.05, 0.1) is 24.0 Å². The van der Waals surface area contributed by atoms with E-state index in [0.29, 0.717) is 26.1 Å². The van der Waals surface area contributed by atoms with Crippen LogP contribution >= 0.6 is 24.8 Å². The van der Waals surface area contributed by atoms with Gasteiger partial charge in [0.25, 0.3) is 0 Å². The van der Waals surface area contributed by atoms with Crippen molar-refractivity contribution in [1.82, 2.24) is 19.7 Å². The van der Waals surface area contributed by atoms with Crippen molar-refractivity contribution in [3.8, 4) is 5.69 Å². The highest BCUT2D eigenvalue weighted by Crippen LogP contribution is 2.41. The number of benzene rings is 1. The fourth-order valence-electron chi connectivity index (χ4n) is 4.68. The van der Waals surface area contributed by atoms with Crippen LogP contribution in [-0.4, -0.2) is 51.3 Å². The maximum atomic E-state index is 12.9. The number of nitrogens with zero attached hydrogens (tertiary/aromatic N) is 4. The van der Waals surface area contributed by atoms with Crippen molar-refractivity contribution in [2.45, 2.75) is 37.3 Å². The van der Waals surface area contributed by atoms with Gasteiger partial charge in [0.2, 0.25) is 5.91 Å². The van der Waals surface area contributed by atoms with Gasteiger partial charge in [0.15, 0.2) is 0 Å². The molecule has 2 aliphatic rings. The van der Waals surface area contributed by atoms with Crippen LogP contribution in [0.3, 0.4) is 0 Å². The Hall–Kier alpha value is -2.45. The molecule has 176 valence electrons. The van der Waals surface area contributed by atoms with Gasteiger partial charge < -0.3 is 15.4 Å². The molecule has 9 heteroatoms. The van der Waals surface area contributed by atoms with E-state index in [1.165, 1.54) is 5.56 Å². The molecule has 7 nitrogen and oxygen atoms in total. The topological polar surface area (TPSA) is 86.3 Å². The lowest BCUT2D eigenvalue weighted by atomic mass is 9.83. The quantitative estimate of drug-likeness (QED) is 0.608. The highest BCUT2D eigenvalue weighted by molar-refractivity contribution is 5.85. The minimum atomic E-state index is -0.545. The predicted molar refractivity (Wildman–Crippen MR) is 131 cm³/mol. The van der Waals surface area contributed by atoms with Gasteiger partial charge in [-0.1, -0.05) is 18.2 Å². The number of fused-ring (bicyclic) bond motifs is 2. The van der Waals surface area contributed by atoms with Crippen LogP contribution in [0.1, 0.15) is 29.7 Å². The van der Waals surface area contributed by atoms with Gasteiger partial charge in [-0.15, -0.1) is 24.8 Å². The average molecular weight is 490 g/mol. The Morgan fingerprint density at radius 1 is 1.09 bits per heavy atom. The van der Waals surface area contributed by atoms with E-state index in [2.05, 4.69) is 23.3 Å². The van der Waals surface area contributed by atoms with Crippen molar-refractivity contribution in [3.63, 3.8) is 0 Å². The van der Waals surface area contributed by atoms with Crippen LogP contribution in [0.5, 0.6) is 0 Å². The number of halogens is 2. The Balaban J connectivity index is 0.00000153. The molecular formula is C24H29Cl2N5O2. The number of amides is 1. The third-order valence-electron chi connectivity index (χ3n) is 6.40. The molecule has 4 heterocycles. The Bertz CT molecular complexity index is 1050. The number of para-hydroxylation sites is 1. The number of nitrogens with two attached hydrogens (primary N) is 1. The summed E-state index contributed by atoms with van der Waals surface area (Å²) in [5, 5.41) is 4.92. The van der Waals surface area contributed by atoms with Crippen molar-refractivity contribution >= 4 is 30.7 Å². The number of aromatic nitrogens is 3. The lowest BCUT2D eigenvalue weighted by Gasteiger charge is -2.43. The van der Waals surface area contributed by atoms with Gasteiger partial charge in [0, 0.05) is 31.7 Å². The summed E-state index contributed by atoms with van der Waals surface area (Å²) in [6, 6.07) is 13.4. The van der Waals surface area contributed by atoms with E-state index in [1.807, 2.05) is 39.9 Å². The number of hydrogen-bond donors (Lipinski definition) is 1. The molecule has 33 heavy (non-hydrogen) atoms. The van der Waals surface area contributed by atoms with Crippen molar-refractivity contribution in [1.29, 1.82) is 0 Å². The van der Waals surface area contributed by atoms with Gasteiger partial charge in [-0.25, -0.2) is 4.68 Å². The van der Waals surface area contributed by atoms with Gasteiger partial charge in [0.1, 0.15) is 5.60 Å². The van der Waals surface area contributed by atoms with E-state index in [4.69, 9.17) is 15.6 Å². The predicted octanol–water partition coefficient (Wildman–Crippen LogP) is 3.07. The monoisotopic (exact) mass is 489 g/mol. The zero-order valence-electron chi connectivity index (χ0n) is 18.3. The molecule has 0 bridgehead atoms. The van der Waals surface area contributed by atoms with Gasteiger partial charge in [-0.2, -0.15) is 5.10 Å². The fourth-order valence-corrected chi connectivity index (χ4v) is 4.68. The number of rotatable bonds is 4. The second-order valence-electron chi connectivity index (χ2n) is 8.37. The molecule has 2 aromatic heterocycles. The highest BCUT2D eigenvalue weighted by atomic mass is 35.5. The number of carbonyl (C=O) groups is 1. The van der Waals surface area contributed by atoms with Crippen molar-refractivity contribution in [2.24, 2.45) is 5.73 Å². The van der Waals surface area contributed by atoms with Crippen LogP contribution in [0.2, 0.25) is 0 Å². The first-order valence-corrected chi connectivity index (χ1v) is 10.9. The summed E-state index contributed by atoms with van der Waals surface area (Å²) in [4.78, 5) is 18.8. The van der Waals surface area contributed by atoms with Crippen LogP contribution in [0.15, 0.2) is 61.1 Å². The standard InChI is InChI=1S/C24H27N5O2.2ClH/c25-21(16-18-6-11-26-12-7-18)23(30)28-13-9-24(10-14-28)22-19(8-15-31-24)17-29(27-22)20-4-2-1-3-5-20;;/h1-7,11-12,17,21H,8-10,13-16,25H2;2*1H/t21-;;/m0../s1. The maximum Gasteiger partial charge on any atom is 0.239 e. The molecule has 1 fully saturated rings. The van der Waals surface area contributed by atoms with E-state index < -0.39 is 11.6 Å². The van der Waals surface area contributed by atoms with E-state index in [-0.39, 0.29) is 30.7 Å². The number of hydrogen-bond acceptors (Lipinski definition) is 5. The molecule has 0 aliphatic carbocycles. The molecule has 5 rings (SSSR count). The summed E-state index contributed by atoms with van der Waals surface area (Å²) in [5.41, 5.74) is 10.2. The van der Waals surface area contributed by atoms with Crippen LogP contribution < -0.4 is 5.73 Å². The normalized spacial score (nSPS) is 17.4. The van der Waals surface area contributed by atoms with Crippen LogP contribution in [0.4, 0.5) is 0 Å². The van der Waals surface area contributed by atoms with E-state index in [1.54, 1.807) is 12.4 Å². The summed E-state index contributed by atoms with van der Waals surface area (Å²) in [5.74, 6) is -0.00231. The van der Waals surface area contributed by atoms with Gasteiger partial charge in [-0.05, 0) is 61.1 Å². The molecule has 1 spiro atoms. The minimum Gasteiger partial charge on any atom is -0.368 e. The Labute approximate surface area is 206 Å². The maximum absolute atomic E-state index is 12.9. The highest BCUT2D eigenvalue weighted by Gasteiger charge is 2.44. The summed E-state index contributed by atoms with van der Waals surface area (Å²) in [7, 11) is 0. The zero-order chi connectivity index (χ0) is 21.3. The third kappa shape index (κ3) is 5.06. The number of ether oxygens (including phenoxy) is 1. The van der Waals surface area contributed by atoms with Crippen LogP contribution in [-0.2, 0) is 28.0 Å². The van der Waals surface area contributed by atoms with Gasteiger partial charge >= 0.3 is 0 Å². The summed E-state index contributed by atoms with van der Waals surface area (Å²) in [6.45, 7) is 1.93. The van der Waals surface area contributed by atoms with E-state index in [9.17, 15) is 4.79 Å². The second kappa shape index (κ2) is 10.7. The summed E-state index contributed by atoms with van der Waals surface area (Å²) >= 11 is 0. The van der Waals surface area contributed by atoms with Crippen molar-refractivity contribution in [3.05, 3.63) is 77.9 Å². The fraction of sp³-hybridized carbons (Fsp3) is 0.375. The molecule has 0 unspecified atom stereocenters. The molecule has 2 aliphatic heterocycles. The molecule has 1 amide bonds. The smallest absolute Gasteiger partial charge is 0.239 e. The van der Waals surface area contributed by atoms with E-state index >= 15 is 0 Å². The second-order valence-corrected chi connectivity index (χ2v) is 8.37. The SMILES string of the molecule is Cl.Cl.N[C@@H](Cc1ccncc1)C(=O)N1CCC2(CC1)OCCc1cn(-c3ccccc3)nc12. The zero-order valence-corrected chi connectivity index (χ0v) is 19.9. The third-order valence-corrected chi connectivity index (χ3v) is 6.40. The number of carbonyl (C=O) groups excluding carboxylic acids is 1. The molecule has 0 saturated carbocycles. The largest absolute Gasteiger partial charge is 0.368 e. The number of pyridine rings is 1. The van der Waals surface area contributed by atoms with Gasteiger partial charge in [-0.3, -0.25) is 9.78 Å². The van der Waals surface area contributed by atoms with Crippen LogP contribution in [0, 0.1) is 0 Å². The average Bonchev–Trinajstić information content (AvgIpc) is 3.27. The molecule has 1 atom stereocenters. The van der Waals surface area contributed by atoms with Crippen molar-refractivity contribution in [2.75, 3.05) is 19.7 Å². The molecule has 1 aromatic carbocycles. The first-order valence-electron chi connectivity index (χ1n) is 10.9. The number of piperidine rings is 1. The van der Waals surface area contributed by atoms with Crippen LogP contribution in [0.25, 0.3) is 5.69 Å². The summed E-state index contributed by atoms with van der Waals surface area (Å²) in [6.07, 6.45) is 8.43. The molecule has 0 radical (unpaired) electrons. The molecule has 3 aromatic rings. The van der Waals surface area contributed by atoms with E-state index in [0.717, 1.165) is 36.2 Å². The Morgan fingerprint density at radius 3 is 2.48 bits per heavy atom. The summed E-state index contributed by atoms with van der Waals surface area (Å²) < 4.78 is 8.26. The molecular weight excluding hydrogens is 461 g/mol. The first kappa shape index (κ1) is 25.2. The Kier molecular flexibility index (Phi) is 8.13.